The minimum Gasteiger partial charge on any atom is -0.378 e. The number of nitrogens with zero attached hydrogens (tertiary/aromatic N) is 5. The number of likely N-dealkylation sites (tertiary alicyclic amines) is 1. The fourth-order valence-electron chi connectivity index (χ4n) is 5.66. The van der Waals surface area contributed by atoms with Crippen LogP contribution in [0, 0.1) is 0 Å². The first-order chi connectivity index (χ1) is 20.8. The summed E-state index contributed by atoms with van der Waals surface area (Å²) in [7, 11) is 0. The van der Waals surface area contributed by atoms with Crippen molar-refractivity contribution >= 4 is 56.1 Å². The van der Waals surface area contributed by atoms with Crippen LogP contribution in [0.5, 0.6) is 0 Å². The number of nitrogens with one attached hydrogen (secondary N) is 1. The van der Waals surface area contributed by atoms with E-state index in [-0.39, 0.29) is 31.0 Å². The van der Waals surface area contributed by atoms with Gasteiger partial charge in [0.25, 0.3) is 5.91 Å². The van der Waals surface area contributed by atoms with Crippen LogP contribution in [0.2, 0.25) is 0 Å². The zero-order valence-corrected chi connectivity index (χ0v) is 24.7. The van der Waals surface area contributed by atoms with E-state index in [0.29, 0.717) is 28.7 Å². The molecule has 4 heterocycles. The Kier molecular flexibility index (Phi) is 8.08. The van der Waals surface area contributed by atoms with Gasteiger partial charge in [0.1, 0.15) is 29.2 Å². The number of hydrogen-bond donors (Lipinski definition) is 2. The van der Waals surface area contributed by atoms with Crippen molar-refractivity contribution in [1.29, 1.82) is 0 Å². The highest BCUT2D eigenvalue weighted by Gasteiger charge is 2.40. The first-order valence-electron chi connectivity index (χ1n) is 13.9. The second kappa shape index (κ2) is 12.1. The second-order valence-electron chi connectivity index (χ2n) is 10.4. The van der Waals surface area contributed by atoms with E-state index in [1.165, 1.54) is 9.58 Å². The predicted octanol–water partition coefficient (Wildman–Crippen LogP) is 3.37. The molecule has 43 heavy (non-hydrogen) atoms. The van der Waals surface area contributed by atoms with Crippen LogP contribution in [-0.2, 0) is 20.9 Å². The number of carbonyl (C=O) groups excluding carboxylic acids is 3. The second-order valence-corrected chi connectivity index (χ2v) is 11.3. The van der Waals surface area contributed by atoms with Gasteiger partial charge in [-0.1, -0.05) is 30.3 Å². The Bertz CT molecular complexity index is 1710. The molecular weight excluding hydrogens is 621 g/mol. The van der Waals surface area contributed by atoms with Crippen molar-refractivity contribution in [2.24, 2.45) is 5.73 Å². The number of morpholine rings is 1. The molecule has 3 N–H and O–H groups in total. The van der Waals surface area contributed by atoms with E-state index < -0.39 is 29.9 Å². The van der Waals surface area contributed by atoms with Gasteiger partial charge in [0.2, 0.25) is 11.8 Å². The van der Waals surface area contributed by atoms with Gasteiger partial charge in [0.15, 0.2) is 5.69 Å². The Labute approximate surface area is 254 Å². The Morgan fingerprint density at radius 3 is 2.63 bits per heavy atom. The van der Waals surface area contributed by atoms with Crippen LogP contribution in [0.1, 0.15) is 16.9 Å². The third kappa shape index (κ3) is 5.95. The summed E-state index contributed by atoms with van der Waals surface area (Å²) in [5.74, 6) is -1.50. The molecule has 3 amide bonds. The van der Waals surface area contributed by atoms with E-state index in [4.69, 9.17) is 10.5 Å². The molecule has 6 rings (SSSR count). The number of aromatic nitrogens is 3. The topological polar surface area (TPSA) is 136 Å². The summed E-state index contributed by atoms with van der Waals surface area (Å²) in [5, 5.41) is 7.52. The van der Waals surface area contributed by atoms with E-state index in [1.54, 1.807) is 24.3 Å². The molecule has 222 valence electrons. The molecule has 0 spiro atoms. The van der Waals surface area contributed by atoms with Crippen LogP contribution in [-0.4, -0.2) is 82.4 Å². The van der Waals surface area contributed by atoms with Crippen molar-refractivity contribution in [1.82, 2.24) is 19.7 Å². The van der Waals surface area contributed by atoms with Crippen LogP contribution in [0.4, 0.5) is 15.9 Å². The Morgan fingerprint density at radius 2 is 1.86 bits per heavy atom. The molecule has 13 heteroatoms. The number of anilines is 2. The molecule has 4 aromatic rings. The average molecular weight is 651 g/mol. The molecule has 2 fully saturated rings. The van der Waals surface area contributed by atoms with Gasteiger partial charge in [-0.3, -0.25) is 19.1 Å². The lowest BCUT2D eigenvalue weighted by atomic mass is 10.00. The summed E-state index contributed by atoms with van der Waals surface area (Å²) >= 11 is 3.25. The van der Waals surface area contributed by atoms with Crippen molar-refractivity contribution in [3.63, 3.8) is 0 Å². The summed E-state index contributed by atoms with van der Waals surface area (Å²) in [6.45, 7) is 2.28. The molecule has 0 aliphatic carbocycles. The zero-order chi connectivity index (χ0) is 30.1. The van der Waals surface area contributed by atoms with Gasteiger partial charge in [0.05, 0.1) is 25.3 Å². The van der Waals surface area contributed by atoms with Gasteiger partial charge >= 0.3 is 0 Å². The predicted molar refractivity (Wildman–Crippen MR) is 162 cm³/mol. The van der Waals surface area contributed by atoms with Crippen LogP contribution in [0.15, 0.2) is 65.3 Å². The molecule has 2 aliphatic rings. The molecule has 2 aliphatic heterocycles. The molecule has 2 saturated heterocycles. The Hall–Kier alpha value is -4.36. The van der Waals surface area contributed by atoms with Gasteiger partial charge in [0, 0.05) is 36.1 Å². The van der Waals surface area contributed by atoms with E-state index in [1.807, 2.05) is 30.3 Å². The van der Waals surface area contributed by atoms with Crippen molar-refractivity contribution in [3.8, 4) is 11.1 Å². The largest absolute Gasteiger partial charge is 0.378 e. The van der Waals surface area contributed by atoms with Crippen molar-refractivity contribution < 1.29 is 23.5 Å². The van der Waals surface area contributed by atoms with E-state index in [0.717, 1.165) is 29.9 Å². The minimum absolute atomic E-state index is 0.0216. The number of alkyl halides is 1. The lowest BCUT2D eigenvalue weighted by Gasteiger charge is -2.30. The van der Waals surface area contributed by atoms with Gasteiger partial charge in [-0.15, -0.1) is 0 Å². The van der Waals surface area contributed by atoms with E-state index >= 15 is 0 Å². The number of hydrogen-bond acceptors (Lipinski definition) is 7. The highest BCUT2D eigenvalue weighted by Crippen LogP contribution is 2.34. The molecule has 2 atom stereocenters. The van der Waals surface area contributed by atoms with Crippen molar-refractivity contribution in [2.45, 2.75) is 25.2 Å². The third-order valence-corrected chi connectivity index (χ3v) is 8.12. The van der Waals surface area contributed by atoms with Crippen LogP contribution in [0.3, 0.4) is 0 Å². The fourth-order valence-corrected chi connectivity index (χ4v) is 6.01. The minimum atomic E-state index is -1.36. The number of fused-ring (bicyclic) bond motifs is 1. The normalized spacial score (nSPS) is 18.7. The number of pyridine rings is 1. The molecule has 2 aromatic heterocycles. The standard InChI is InChI=1S/C30H29BrFN7O4/c31-25-6-3-7-26(34-25)35-30(42)24-15-19(32)16-38(24)27(40)17-39-23-9-8-18(14-21(23)28(36-39)29(33)41)20-4-1-2-5-22(20)37-10-12-43-13-11-37/h1-9,14,19,24H,10-13,15-17H2,(H2,33,41)(H,34,35,42)/t19-,24+/m1/s1. The van der Waals surface area contributed by atoms with E-state index in [2.05, 4.69) is 42.3 Å². The van der Waals surface area contributed by atoms with E-state index in [9.17, 15) is 18.8 Å². The molecular formula is C30H29BrFN7O4. The monoisotopic (exact) mass is 649 g/mol. The summed E-state index contributed by atoms with van der Waals surface area (Å²) < 4.78 is 21.9. The lowest BCUT2D eigenvalue weighted by Crippen LogP contribution is -2.44. The summed E-state index contributed by atoms with van der Waals surface area (Å²) in [5.41, 5.74) is 9.13. The number of primary amides is 1. The highest BCUT2D eigenvalue weighted by atomic mass is 79.9. The van der Waals surface area contributed by atoms with Crippen LogP contribution < -0.4 is 16.0 Å². The number of ether oxygens (including phenoxy) is 1. The molecule has 0 radical (unpaired) electrons. The first kappa shape index (κ1) is 28.7. The van der Waals surface area contributed by atoms with Gasteiger partial charge in [-0.2, -0.15) is 5.10 Å². The van der Waals surface area contributed by atoms with Gasteiger partial charge in [-0.05, 0) is 51.8 Å². The van der Waals surface area contributed by atoms with Crippen molar-refractivity contribution in [3.05, 3.63) is 71.0 Å². The maximum absolute atomic E-state index is 14.5. The summed E-state index contributed by atoms with van der Waals surface area (Å²) in [4.78, 5) is 46.6. The SMILES string of the molecule is NC(=O)c1nn(CC(=O)N2C[C@H](F)C[C@H]2C(=O)Nc2cccc(Br)n2)c2ccc(-c3ccccc3N3CCOCC3)cc12. The summed E-state index contributed by atoms with van der Waals surface area (Å²) in [6, 6.07) is 17.5. The van der Waals surface area contributed by atoms with Crippen molar-refractivity contribution in [2.75, 3.05) is 43.1 Å². The third-order valence-electron chi connectivity index (χ3n) is 7.68. The molecule has 2 aromatic carbocycles. The van der Waals surface area contributed by atoms with Gasteiger partial charge < -0.3 is 25.6 Å². The fraction of sp³-hybridized carbons (Fsp3) is 0.300. The average Bonchev–Trinajstić information content (AvgIpc) is 3.58. The molecule has 0 bridgehead atoms. The van der Waals surface area contributed by atoms with Crippen LogP contribution >= 0.6 is 15.9 Å². The molecule has 11 nitrogen and oxygen atoms in total. The lowest BCUT2D eigenvalue weighted by molar-refractivity contribution is -0.137. The number of benzene rings is 2. The number of halogens is 2. The van der Waals surface area contributed by atoms with Crippen LogP contribution in [0.25, 0.3) is 22.0 Å². The smallest absolute Gasteiger partial charge is 0.269 e. The molecule has 0 unspecified atom stereocenters. The quantitative estimate of drug-likeness (QED) is 0.293. The maximum Gasteiger partial charge on any atom is 0.269 e. The summed E-state index contributed by atoms with van der Waals surface area (Å²) in [6.07, 6.45) is -1.50. The first-order valence-corrected chi connectivity index (χ1v) is 14.7. The van der Waals surface area contributed by atoms with Gasteiger partial charge in [-0.25, -0.2) is 9.37 Å². The number of para-hydroxylation sites is 1. The zero-order valence-electron chi connectivity index (χ0n) is 23.1. The number of nitrogens with two attached hydrogens (primary N) is 1. The molecule has 0 saturated carbocycles. The Balaban J connectivity index is 1.28. The Morgan fingerprint density at radius 1 is 1.07 bits per heavy atom. The number of rotatable bonds is 7. The number of carbonyl (C=O) groups is 3. The maximum atomic E-state index is 14.5. The highest BCUT2D eigenvalue weighted by molar-refractivity contribution is 9.10. The number of amides is 3.